The molecule has 2 rings (SSSR count). The van der Waals surface area contributed by atoms with Crippen LogP contribution in [0.1, 0.15) is 10.4 Å². The molecule has 0 aromatic heterocycles. The van der Waals surface area contributed by atoms with Crippen molar-refractivity contribution in [3.8, 4) is 5.75 Å². The van der Waals surface area contributed by atoms with Crippen LogP contribution in [-0.2, 0) is 9.84 Å². The molecule has 0 fully saturated rings. The van der Waals surface area contributed by atoms with Gasteiger partial charge >= 0.3 is 0 Å². The van der Waals surface area contributed by atoms with Crippen LogP contribution in [0.2, 0.25) is 5.02 Å². The summed E-state index contributed by atoms with van der Waals surface area (Å²) in [7, 11) is -3.36. The molecule has 0 spiro atoms. The first-order chi connectivity index (χ1) is 9.77. The molecule has 0 heterocycles. The smallest absolute Gasteiger partial charge is 0.259 e. The summed E-state index contributed by atoms with van der Waals surface area (Å²) in [4.78, 5) is 12.2. The zero-order valence-electron chi connectivity index (χ0n) is 11.0. The van der Waals surface area contributed by atoms with Crippen molar-refractivity contribution in [2.45, 2.75) is 4.90 Å². The van der Waals surface area contributed by atoms with Crippen molar-refractivity contribution < 1.29 is 18.3 Å². The highest BCUT2D eigenvalue weighted by Gasteiger charge is 2.13. The van der Waals surface area contributed by atoms with Crippen molar-refractivity contribution in [2.75, 3.05) is 11.6 Å². The number of amides is 1. The average molecular weight is 326 g/mol. The van der Waals surface area contributed by atoms with E-state index in [1.807, 2.05) is 0 Å². The standard InChI is InChI=1S/C14H12ClNO4S/c1-21(19,20)11-4-2-3-10(8-11)16-14(18)12-7-9(15)5-6-13(12)17/h2-8,17H,1H3,(H,16,18). The molecule has 0 saturated carbocycles. The van der Waals surface area contributed by atoms with Crippen LogP contribution in [0.5, 0.6) is 5.75 Å². The molecule has 0 saturated heterocycles. The second-order valence-electron chi connectivity index (χ2n) is 4.42. The molecule has 0 radical (unpaired) electrons. The fourth-order valence-electron chi connectivity index (χ4n) is 1.69. The maximum Gasteiger partial charge on any atom is 0.259 e. The summed E-state index contributed by atoms with van der Waals surface area (Å²) in [6.07, 6.45) is 1.08. The van der Waals surface area contributed by atoms with E-state index < -0.39 is 15.7 Å². The van der Waals surface area contributed by atoms with Crippen molar-refractivity contribution >= 4 is 33.0 Å². The number of phenolic OH excluding ortho intramolecular Hbond substituents is 1. The first kappa shape index (κ1) is 15.3. The number of rotatable bonds is 3. The van der Waals surface area contributed by atoms with Crippen LogP contribution < -0.4 is 5.32 Å². The number of anilines is 1. The first-order valence-electron chi connectivity index (χ1n) is 5.87. The Balaban J connectivity index is 2.30. The Labute approximate surface area is 127 Å². The summed E-state index contributed by atoms with van der Waals surface area (Å²) in [5, 5.41) is 12.5. The number of nitrogens with one attached hydrogen (secondary N) is 1. The quantitative estimate of drug-likeness (QED) is 0.908. The summed E-state index contributed by atoms with van der Waals surface area (Å²) < 4.78 is 22.9. The van der Waals surface area contributed by atoms with E-state index in [0.717, 1.165) is 6.26 Å². The monoisotopic (exact) mass is 325 g/mol. The molecule has 2 aromatic rings. The van der Waals surface area contributed by atoms with E-state index in [4.69, 9.17) is 11.6 Å². The molecule has 0 aliphatic carbocycles. The number of benzene rings is 2. The zero-order valence-corrected chi connectivity index (χ0v) is 12.6. The minimum absolute atomic E-state index is 0.00672. The largest absolute Gasteiger partial charge is 0.507 e. The highest BCUT2D eigenvalue weighted by Crippen LogP contribution is 2.23. The molecule has 5 nitrogen and oxygen atoms in total. The number of halogens is 1. The lowest BCUT2D eigenvalue weighted by Gasteiger charge is -2.08. The summed E-state index contributed by atoms with van der Waals surface area (Å²) in [6.45, 7) is 0. The number of sulfone groups is 1. The minimum Gasteiger partial charge on any atom is -0.507 e. The molecular formula is C14H12ClNO4S. The second-order valence-corrected chi connectivity index (χ2v) is 6.87. The Hall–Kier alpha value is -2.05. The minimum atomic E-state index is -3.36. The van der Waals surface area contributed by atoms with Crippen molar-refractivity contribution in [1.82, 2.24) is 0 Å². The Morgan fingerprint density at radius 3 is 2.57 bits per heavy atom. The molecule has 2 aromatic carbocycles. The molecule has 2 N–H and O–H groups in total. The third kappa shape index (κ3) is 3.74. The number of hydrogen-bond donors (Lipinski definition) is 2. The average Bonchev–Trinajstić information content (AvgIpc) is 2.41. The van der Waals surface area contributed by atoms with Gasteiger partial charge in [-0.1, -0.05) is 17.7 Å². The summed E-state index contributed by atoms with van der Waals surface area (Å²) in [5.41, 5.74) is 0.314. The number of phenols is 1. The van der Waals surface area contributed by atoms with Crippen LogP contribution in [0.15, 0.2) is 47.4 Å². The van der Waals surface area contributed by atoms with Gasteiger partial charge in [-0.05, 0) is 36.4 Å². The van der Waals surface area contributed by atoms with Gasteiger partial charge in [0.2, 0.25) is 0 Å². The normalized spacial score (nSPS) is 11.1. The lowest BCUT2D eigenvalue weighted by atomic mass is 10.2. The van der Waals surface area contributed by atoms with Crippen LogP contribution >= 0.6 is 11.6 Å². The number of hydrogen-bond acceptors (Lipinski definition) is 4. The van der Waals surface area contributed by atoms with Gasteiger partial charge in [-0.25, -0.2) is 8.42 Å². The Morgan fingerprint density at radius 1 is 1.19 bits per heavy atom. The van der Waals surface area contributed by atoms with Crippen LogP contribution in [0.4, 0.5) is 5.69 Å². The second kappa shape index (κ2) is 5.75. The van der Waals surface area contributed by atoms with E-state index in [2.05, 4.69) is 5.32 Å². The molecule has 0 aliphatic heterocycles. The van der Waals surface area contributed by atoms with Crippen LogP contribution in [0.25, 0.3) is 0 Å². The molecular weight excluding hydrogens is 314 g/mol. The van der Waals surface area contributed by atoms with E-state index in [9.17, 15) is 18.3 Å². The van der Waals surface area contributed by atoms with E-state index >= 15 is 0 Å². The van der Waals surface area contributed by atoms with Gasteiger partial charge < -0.3 is 10.4 Å². The third-order valence-corrected chi connectivity index (χ3v) is 4.07. The van der Waals surface area contributed by atoms with Crippen LogP contribution in [0.3, 0.4) is 0 Å². The molecule has 110 valence electrons. The highest BCUT2D eigenvalue weighted by molar-refractivity contribution is 7.90. The number of carbonyl (C=O) groups is 1. The third-order valence-electron chi connectivity index (χ3n) is 2.72. The number of carbonyl (C=O) groups excluding carboxylic acids is 1. The Kier molecular flexibility index (Phi) is 4.20. The fraction of sp³-hybridized carbons (Fsp3) is 0.0714. The fourth-order valence-corrected chi connectivity index (χ4v) is 2.53. The molecule has 21 heavy (non-hydrogen) atoms. The molecule has 0 aliphatic rings. The molecule has 0 bridgehead atoms. The highest BCUT2D eigenvalue weighted by atomic mass is 35.5. The topological polar surface area (TPSA) is 83.5 Å². The molecule has 1 amide bonds. The predicted octanol–water partition coefficient (Wildman–Crippen LogP) is 2.70. The Morgan fingerprint density at radius 2 is 1.90 bits per heavy atom. The summed E-state index contributed by atoms with van der Waals surface area (Å²) >= 11 is 5.78. The van der Waals surface area contributed by atoms with Crippen molar-refractivity contribution in [3.63, 3.8) is 0 Å². The van der Waals surface area contributed by atoms with Gasteiger partial charge in [0, 0.05) is 17.0 Å². The van der Waals surface area contributed by atoms with Crippen LogP contribution in [0, 0.1) is 0 Å². The summed E-state index contributed by atoms with van der Waals surface area (Å²) in [6, 6.07) is 9.93. The van der Waals surface area contributed by atoms with Gasteiger partial charge in [0.15, 0.2) is 9.84 Å². The van der Waals surface area contributed by atoms with Gasteiger partial charge in [-0.3, -0.25) is 4.79 Å². The maximum absolute atomic E-state index is 12.1. The lowest BCUT2D eigenvalue weighted by molar-refractivity contribution is 0.102. The molecule has 0 unspecified atom stereocenters. The zero-order chi connectivity index (χ0) is 15.6. The first-order valence-corrected chi connectivity index (χ1v) is 8.14. The Bertz CT molecular complexity index is 802. The van der Waals surface area contributed by atoms with Crippen LogP contribution in [-0.4, -0.2) is 25.7 Å². The van der Waals surface area contributed by atoms with Gasteiger partial charge in [0.1, 0.15) is 5.75 Å². The van der Waals surface area contributed by atoms with E-state index in [1.54, 1.807) is 6.07 Å². The van der Waals surface area contributed by atoms with E-state index in [-0.39, 0.29) is 16.2 Å². The van der Waals surface area contributed by atoms with Crippen molar-refractivity contribution in [1.29, 1.82) is 0 Å². The van der Waals surface area contributed by atoms with E-state index in [0.29, 0.717) is 10.7 Å². The number of aromatic hydroxyl groups is 1. The maximum atomic E-state index is 12.1. The van der Waals surface area contributed by atoms with E-state index in [1.165, 1.54) is 36.4 Å². The molecule has 7 heteroatoms. The van der Waals surface area contributed by atoms with Gasteiger partial charge in [0.05, 0.1) is 10.5 Å². The summed E-state index contributed by atoms with van der Waals surface area (Å²) in [5.74, 6) is -0.795. The SMILES string of the molecule is CS(=O)(=O)c1cccc(NC(=O)c2cc(Cl)ccc2O)c1. The van der Waals surface area contributed by atoms with Gasteiger partial charge in [-0.15, -0.1) is 0 Å². The van der Waals surface area contributed by atoms with Gasteiger partial charge in [0.25, 0.3) is 5.91 Å². The van der Waals surface area contributed by atoms with Crippen molar-refractivity contribution in [3.05, 3.63) is 53.1 Å². The predicted molar refractivity (Wildman–Crippen MR) is 80.6 cm³/mol. The van der Waals surface area contributed by atoms with Gasteiger partial charge in [-0.2, -0.15) is 0 Å². The molecule has 0 atom stereocenters. The lowest BCUT2D eigenvalue weighted by Crippen LogP contribution is -2.12. The van der Waals surface area contributed by atoms with Crippen molar-refractivity contribution in [2.24, 2.45) is 0 Å².